The van der Waals surface area contributed by atoms with E-state index in [4.69, 9.17) is 4.55 Å². The summed E-state index contributed by atoms with van der Waals surface area (Å²) in [6, 6.07) is 17.0. The van der Waals surface area contributed by atoms with Gasteiger partial charge in [0.1, 0.15) is 5.75 Å². The van der Waals surface area contributed by atoms with Crippen molar-refractivity contribution in [3.63, 3.8) is 0 Å². The van der Waals surface area contributed by atoms with Crippen LogP contribution in [0.25, 0.3) is 0 Å². The number of rotatable bonds is 8. The number of nitrogens with one attached hydrogen (secondary N) is 1. The fraction of sp³-hybridized carbons (Fsp3) is 0.435. The summed E-state index contributed by atoms with van der Waals surface area (Å²) >= 11 is 0. The second-order valence-corrected chi connectivity index (χ2v) is 9.90. The zero-order valence-corrected chi connectivity index (χ0v) is 17.8. The molecule has 4 rings (SSSR count). The van der Waals surface area contributed by atoms with Crippen molar-refractivity contribution in [2.75, 3.05) is 19.6 Å². The largest absolute Gasteiger partial charge is 0.347 e. The Morgan fingerprint density at radius 3 is 2.23 bits per heavy atom. The minimum Gasteiger partial charge on any atom is -0.347 e. The van der Waals surface area contributed by atoms with Gasteiger partial charge < -0.3 is 10.2 Å². The zero-order chi connectivity index (χ0) is 21.2. The highest BCUT2D eigenvalue weighted by Crippen LogP contribution is 2.48. The van der Waals surface area contributed by atoms with Gasteiger partial charge in [-0.05, 0) is 55.5 Å². The van der Waals surface area contributed by atoms with Gasteiger partial charge in [-0.25, -0.2) is 0 Å². The van der Waals surface area contributed by atoms with Crippen molar-refractivity contribution in [1.82, 2.24) is 10.2 Å². The van der Waals surface area contributed by atoms with Gasteiger partial charge in [-0.15, -0.1) is 0 Å². The van der Waals surface area contributed by atoms with E-state index in [1.54, 1.807) is 12.1 Å². The monoisotopic (exact) mass is 428 g/mol. The lowest BCUT2D eigenvalue weighted by molar-refractivity contribution is -0.124. The van der Waals surface area contributed by atoms with Gasteiger partial charge in [-0.2, -0.15) is 8.42 Å². The van der Waals surface area contributed by atoms with E-state index in [1.807, 2.05) is 30.3 Å². The highest BCUT2D eigenvalue weighted by molar-refractivity contribution is 7.85. The number of carbonyl (C=O) groups is 1. The Kier molecular flexibility index (Phi) is 5.95. The highest BCUT2D eigenvalue weighted by Gasteiger charge is 2.51. The Labute approximate surface area is 178 Å². The van der Waals surface area contributed by atoms with Crippen LogP contribution in [0.2, 0.25) is 0 Å². The summed E-state index contributed by atoms with van der Waals surface area (Å²) in [5.74, 6) is -0.392. The van der Waals surface area contributed by atoms with Gasteiger partial charge in [-0.1, -0.05) is 54.6 Å². The van der Waals surface area contributed by atoms with Crippen LogP contribution >= 0.6 is 0 Å². The molecule has 1 saturated heterocycles. The molecule has 0 bridgehead atoms. The Balaban J connectivity index is 1.50. The molecular weight excluding hydrogens is 400 g/mol. The van der Waals surface area contributed by atoms with E-state index in [-0.39, 0.29) is 11.9 Å². The number of hydrogen-bond donors (Lipinski definition) is 2. The average molecular weight is 429 g/mol. The van der Waals surface area contributed by atoms with Gasteiger partial charge >= 0.3 is 0 Å². The number of amides is 1. The van der Waals surface area contributed by atoms with E-state index in [2.05, 4.69) is 22.3 Å². The molecule has 2 fully saturated rings. The molecule has 0 aromatic heterocycles. The molecule has 1 amide bonds. The third-order valence-electron chi connectivity index (χ3n) is 6.19. The van der Waals surface area contributed by atoms with Crippen LogP contribution in [0.15, 0.2) is 54.6 Å². The molecular formula is C23H28N2O4S. The van der Waals surface area contributed by atoms with Gasteiger partial charge in [0.25, 0.3) is 10.1 Å². The molecule has 1 heterocycles. The van der Waals surface area contributed by atoms with Crippen molar-refractivity contribution in [2.24, 2.45) is 0 Å². The Bertz CT molecular complexity index is 980. The van der Waals surface area contributed by atoms with Crippen LogP contribution in [0.4, 0.5) is 0 Å². The van der Waals surface area contributed by atoms with Gasteiger partial charge in [0.2, 0.25) is 5.91 Å². The summed E-state index contributed by atoms with van der Waals surface area (Å²) < 4.78 is 31.2. The number of benzene rings is 2. The summed E-state index contributed by atoms with van der Waals surface area (Å²) in [7, 11) is -4.07. The Hall–Kier alpha value is -2.22. The van der Waals surface area contributed by atoms with Crippen molar-refractivity contribution in [1.29, 1.82) is 0 Å². The summed E-state index contributed by atoms with van der Waals surface area (Å²) in [6.45, 7) is 2.94. The van der Waals surface area contributed by atoms with E-state index >= 15 is 0 Å². The molecule has 2 aromatic rings. The summed E-state index contributed by atoms with van der Waals surface area (Å²) in [4.78, 5) is 15.7. The second kappa shape index (κ2) is 8.49. The van der Waals surface area contributed by atoms with Crippen LogP contribution in [-0.2, 0) is 26.1 Å². The summed E-state index contributed by atoms with van der Waals surface area (Å²) in [6.07, 6.45) is 3.97. The molecule has 30 heavy (non-hydrogen) atoms. The quantitative estimate of drug-likeness (QED) is 0.631. The molecule has 1 aliphatic heterocycles. The first-order valence-corrected chi connectivity index (χ1v) is 12.1. The van der Waals surface area contributed by atoms with E-state index in [1.165, 1.54) is 12.8 Å². The number of hydrogen-bond acceptors (Lipinski definition) is 4. The van der Waals surface area contributed by atoms with Gasteiger partial charge in [0.15, 0.2) is 0 Å². The topological polar surface area (TPSA) is 86.7 Å². The number of likely N-dealkylation sites (tertiary alicyclic amines) is 1. The SMILES string of the molecule is O=C(NC(CN1CCCC1)c1ccccc1)C1(c2ccc(CS(=O)(=O)O)cc2)CC1. The fourth-order valence-corrected chi connectivity index (χ4v) is 4.96. The summed E-state index contributed by atoms with van der Waals surface area (Å²) in [5.41, 5.74) is 1.96. The predicted molar refractivity (Wildman–Crippen MR) is 116 cm³/mol. The van der Waals surface area contributed by atoms with Crippen molar-refractivity contribution < 1.29 is 17.8 Å². The first kappa shape index (κ1) is 21.0. The Morgan fingerprint density at radius 1 is 1.03 bits per heavy atom. The van der Waals surface area contributed by atoms with Crippen LogP contribution in [0.3, 0.4) is 0 Å². The maximum absolute atomic E-state index is 13.3. The van der Waals surface area contributed by atoms with Crippen molar-refractivity contribution in [3.8, 4) is 0 Å². The van der Waals surface area contributed by atoms with E-state index in [0.717, 1.165) is 43.6 Å². The highest BCUT2D eigenvalue weighted by atomic mass is 32.2. The second-order valence-electron chi connectivity index (χ2n) is 8.45. The third-order valence-corrected chi connectivity index (χ3v) is 6.89. The first-order chi connectivity index (χ1) is 14.4. The maximum atomic E-state index is 13.3. The molecule has 2 aliphatic rings. The molecule has 0 spiro atoms. The van der Waals surface area contributed by atoms with Gasteiger partial charge in [-0.3, -0.25) is 9.35 Å². The lowest BCUT2D eigenvalue weighted by Gasteiger charge is -2.27. The molecule has 2 N–H and O–H groups in total. The van der Waals surface area contributed by atoms with Crippen LogP contribution in [-0.4, -0.2) is 43.4 Å². The molecule has 1 aliphatic carbocycles. The molecule has 1 atom stereocenters. The van der Waals surface area contributed by atoms with E-state index < -0.39 is 21.3 Å². The Morgan fingerprint density at radius 2 is 1.67 bits per heavy atom. The van der Waals surface area contributed by atoms with Crippen LogP contribution < -0.4 is 5.32 Å². The van der Waals surface area contributed by atoms with Crippen molar-refractivity contribution in [3.05, 3.63) is 71.3 Å². The van der Waals surface area contributed by atoms with Gasteiger partial charge in [0.05, 0.1) is 11.5 Å². The smallest absolute Gasteiger partial charge is 0.269 e. The van der Waals surface area contributed by atoms with Crippen LogP contribution in [0.1, 0.15) is 48.4 Å². The molecule has 160 valence electrons. The lowest BCUT2D eigenvalue weighted by atomic mass is 9.93. The van der Waals surface area contributed by atoms with E-state index in [0.29, 0.717) is 5.56 Å². The average Bonchev–Trinajstić information content (AvgIpc) is 3.37. The van der Waals surface area contributed by atoms with E-state index in [9.17, 15) is 13.2 Å². The molecule has 1 saturated carbocycles. The third kappa shape index (κ3) is 4.91. The van der Waals surface area contributed by atoms with Crippen molar-refractivity contribution in [2.45, 2.75) is 42.9 Å². The first-order valence-electron chi connectivity index (χ1n) is 10.5. The van der Waals surface area contributed by atoms with Gasteiger partial charge in [0, 0.05) is 6.54 Å². The number of nitrogens with zero attached hydrogens (tertiary/aromatic N) is 1. The molecule has 0 radical (unpaired) electrons. The summed E-state index contributed by atoms with van der Waals surface area (Å²) in [5, 5.41) is 3.30. The normalized spacial score (nSPS) is 19.4. The molecule has 2 aromatic carbocycles. The van der Waals surface area contributed by atoms with Crippen LogP contribution in [0.5, 0.6) is 0 Å². The molecule has 6 nitrogen and oxygen atoms in total. The fourth-order valence-electron chi connectivity index (χ4n) is 4.34. The minimum atomic E-state index is -4.07. The zero-order valence-electron chi connectivity index (χ0n) is 17.0. The predicted octanol–water partition coefficient (Wildman–Crippen LogP) is 3.06. The van der Waals surface area contributed by atoms with Crippen molar-refractivity contribution >= 4 is 16.0 Å². The molecule has 7 heteroatoms. The standard InChI is InChI=1S/C23H28N2O4S/c26-22(23(12-13-23)20-10-8-18(9-11-20)17-30(27,28)29)24-21(16-25-14-4-5-15-25)19-6-2-1-3-7-19/h1-3,6-11,21H,4-5,12-17H2,(H,24,26)(H,27,28,29). The number of carbonyl (C=O) groups excluding carboxylic acids is 1. The van der Waals surface area contributed by atoms with Crippen LogP contribution in [0, 0.1) is 0 Å². The molecule has 1 unspecified atom stereocenters. The maximum Gasteiger partial charge on any atom is 0.269 e. The minimum absolute atomic E-state index is 0.0260. The lowest BCUT2D eigenvalue weighted by Crippen LogP contribution is -2.41.